The number of nitrogens with zero attached hydrogens (tertiary/aromatic N) is 1. The van der Waals surface area contributed by atoms with Gasteiger partial charge in [-0.25, -0.2) is 8.42 Å². The Morgan fingerprint density at radius 3 is 2.25 bits per heavy atom. The Morgan fingerprint density at radius 2 is 1.65 bits per heavy atom. The lowest BCUT2D eigenvalue weighted by molar-refractivity contribution is 0.601. The monoisotopic (exact) mass is 286 g/mol. The first kappa shape index (κ1) is 14.1. The van der Waals surface area contributed by atoms with Gasteiger partial charge < -0.3 is 0 Å². The summed E-state index contributed by atoms with van der Waals surface area (Å²) in [4.78, 5) is 0.197. The summed E-state index contributed by atoms with van der Waals surface area (Å²) in [7, 11) is -3.63. The van der Waals surface area contributed by atoms with E-state index in [0.29, 0.717) is 11.3 Å². The molecule has 20 heavy (non-hydrogen) atoms. The maximum atomic E-state index is 12.2. The standard InChI is InChI=1S/C15H14N2O2S/c1-11-3-5-15(6-4-11)20(18,19)17-14-8-12(2)7-13(9-14)10-16/h3-9,17H,1-2H3. The number of nitriles is 1. The van der Waals surface area contributed by atoms with Gasteiger partial charge in [0.2, 0.25) is 0 Å². The van der Waals surface area contributed by atoms with Gasteiger partial charge in [-0.3, -0.25) is 4.72 Å². The molecule has 0 radical (unpaired) electrons. The van der Waals surface area contributed by atoms with E-state index in [1.807, 2.05) is 19.9 Å². The Hall–Kier alpha value is -2.32. The minimum atomic E-state index is -3.63. The van der Waals surface area contributed by atoms with Crippen molar-refractivity contribution in [3.63, 3.8) is 0 Å². The van der Waals surface area contributed by atoms with E-state index >= 15 is 0 Å². The van der Waals surface area contributed by atoms with E-state index in [2.05, 4.69) is 4.72 Å². The van der Waals surface area contributed by atoms with Crippen LogP contribution in [0.2, 0.25) is 0 Å². The average molecular weight is 286 g/mol. The smallest absolute Gasteiger partial charge is 0.261 e. The third kappa shape index (κ3) is 3.16. The van der Waals surface area contributed by atoms with E-state index in [-0.39, 0.29) is 4.90 Å². The number of hydrogen-bond acceptors (Lipinski definition) is 3. The van der Waals surface area contributed by atoms with Gasteiger partial charge in [0.1, 0.15) is 0 Å². The summed E-state index contributed by atoms with van der Waals surface area (Å²) in [6.07, 6.45) is 0. The number of hydrogen-bond donors (Lipinski definition) is 1. The molecule has 0 aliphatic heterocycles. The molecule has 0 saturated carbocycles. The number of nitrogens with one attached hydrogen (secondary N) is 1. The number of anilines is 1. The first-order valence-corrected chi connectivity index (χ1v) is 7.50. The summed E-state index contributed by atoms with van der Waals surface area (Å²) in [5.74, 6) is 0. The second-order valence-electron chi connectivity index (χ2n) is 4.62. The van der Waals surface area contributed by atoms with Crippen LogP contribution in [0, 0.1) is 25.2 Å². The van der Waals surface area contributed by atoms with Gasteiger partial charge >= 0.3 is 0 Å². The van der Waals surface area contributed by atoms with Crippen LogP contribution >= 0.6 is 0 Å². The van der Waals surface area contributed by atoms with Crippen molar-refractivity contribution in [1.29, 1.82) is 5.26 Å². The molecule has 0 unspecified atom stereocenters. The van der Waals surface area contributed by atoms with Crippen LogP contribution in [-0.2, 0) is 10.0 Å². The van der Waals surface area contributed by atoms with Gasteiger partial charge in [0.25, 0.3) is 10.0 Å². The van der Waals surface area contributed by atoms with Crippen LogP contribution in [0.3, 0.4) is 0 Å². The van der Waals surface area contributed by atoms with Crippen LogP contribution < -0.4 is 4.72 Å². The first-order valence-electron chi connectivity index (χ1n) is 6.02. The van der Waals surface area contributed by atoms with Crippen molar-refractivity contribution in [2.45, 2.75) is 18.7 Å². The van der Waals surface area contributed by atoms with Gasteiger partial charge in [0.05, 0.1) is 22.2 Å². The topological polar surface area (TPSA) is 70.0 Å². The molecule has 0 saturated heterocycles. The van der Waals surface area contributed by atoms with Gasteiger partial charge in [-0.2, -0.15) is 5.26 Å². The molecule has 2 aromatic rings. The molecule has 0 heterocycles. The SMILES string of the molecule is Cc1ccc(S(=O)(=O)Nc2cc(C)cc(C#N)c2)cc1. The maximum absolute atomic E-state index is 12.2. The molecule has 0 atom stereocenters. The number of rotatable bonds is 3. The second kappa shape index (κ2) is 5.35. The Kier molecular flexibility index (Phi) is 3.77. The molecule has 0 aromatic heterocycles. The fourth-order valence-corrected chi connectivity index (χ4v) is 2.88. The molecule has 1 N–H and O–H groups in total. The highest BCUT2D eigenvalue weighted by molar-refractivity contribution is 7.92. The minimum Gasteiger partial charge on any atom is -0.280 e. The van der Waals surface area contributed by atoms with E-state index < -0.39 is 10.0 Å². The largest absolute Gasteiger partial charge is 0.280 e. The highest BCUT2D eigenvalue weighted by atomic mass is 32.2. The third-order valence-electron chi connectivity index (χ3n) is 2.79. The van der Waals surface area contributed by atoms with Crippen molar-refractivity contribution < 1.29 is 8.42 Å². The van der Waals surface area contributed by atoms with Crippen LogP contribution in [0.4, 0.5) is 5.69 Å². The van der Waals surface area contributed by atoms with Gasteiger partial charge in [0.15, 0.2) is 0 Å². The predicted octanol–water partition coefficient (Wildman–Crippen LogP) is 2.98. The van der Waals surface area contributed by atoms with Crippen LogP contribution in [0.1, 0.15) is 16.7 Å². The molecule has 0 bridgehead atoms. The molecule has 0 amide bonds. The first-order chi connectivity index (χ1) is 9.40. The third-order valence-corrected chi connectivity index (χ3v) is 4.19. The van der Waals surface area contributed by atoms with Crippen molar-refractivity contribution in [1.82, 2.24) is 0 Å². The van der Waals surface area contributed by atoms with Crippen molar-refractivity contribution in [3.05, 3.63) is 59.2 Å². The molecule has 102 valence electrons. The quantitative estimate of drug-likeness (QED) is 0.943. The molecule has 0 aliphatic rings. The zero-order chi connectivity index (χ0) is 14.8. The lowest BCUT2D eigenvalue weighted by Crippen LogP contribution is -2.13. The van der Waals surface area contributed by atoms with Crippen molar-refractivity contribution in [3.8, 4) is 6.07 Å². The van der Waals surface area contributed by atoms with E-state index in [1.165, 1.54) is 6.07 Å². The highest BCUT2D eigenvalue weighted by Crippen LogP contribution is 2.19. The fraction of sp³-hybridized carbons (Fsp3) is 0.133. The molecule has 0 aliphatic carbocycles. The summed E-state index contributed by atoms with van der Waals surface area (Å²) in [5, 5.41) is 8.91. The zero-order valence-corrected chi connectivity index (χ0v) is 12.0. The lowest BCUT2D eigenvalue weighted by Gasteiger charge is -2.09. The van der Waals surface area contributed by atoms with E-state index in [9.17, 15) is 8.42 Å². The molecule has 0 spiro atoms. The van der Waals surface area contributed by atoms with Gasteiger partial charge in [-0.15, -0.1) is 0 Å². The summed E-state index contributed by atoms with van der Waals surface area (Å²) in [6, 6.07) is 13.5. The maximum Gasteiger partial charge on any atom is 0.261 e. The van der Waals surface area contributed by atoms with Gasteiger partial charge in [0, 0.05) is 0 Å². The Balaban J connectivity index is 2.36. The number of benzene rings is 2. The summed E-state index contributed by atoms with van der Waals surface area (Å²) in [6.45, 7) is 3.70. The molecule has 2 rings (SSSR count). The van der Waals surface area contributed by atoms with Crippen molar-refractivity contribution in [2.24, 2.45) is 0 Å². The fourth-order valence-electron chi connectivity index (χ4n) is 1.84. The minimum absolute atomic E-state index is 0.197. The number of aryl methyl sites for hydroxylation is 2. The Bertz CT molecular complexity index is 773. The second-order valence-corrected chi connectivity index (χ2v) is 6.30. The van der Waals surface area contributed by atoms with Gasteiger partial charge in [-0.1, -0.05) is 17.7 Å². The summed E-state index contributed by atoms with van der Waals surface area (Å²) >= 11 is 0. The molecule has 0 fully saturated rings. The highest BCUT2D eigenvalue weighted by Gasteiger charge is 2.14. The van der Waals surface area contributed by atoms with E-state index in [0.717, 1.165) is 11.1 Å². The van der Waals surface area contributed by atoms with E-state index in [1.54, 1.807) is 36.4 Å². The molecular weight excluding hydrogens is 272 g/mol. The summed E-state index contributed by atoms with van der Waals surface area (Å²) < 4.78 is 27.0. The van der Waals surface area contributed by atoms with Crippen LogP contribution in [0.25, 0.3) is 0 Å². The van der Waals surface area contributed by atoms with E-state index in [4.69, 9.17) is 5.26 Å². The van der Waals surface area contributed by atoms with Crippen molar-refractivity contribution >= 4 is 15.7 Å². The Labute approximate surface area is 118 Å². The zero-order valence-electron chi connectivity index (χ0n) is 11.2. The molecule has 2 aromatic carbocycles. The normalized spacial score (nSPS) is 10.8. The molecule has 5 heteroatoms. The lowest BCUT2D eigenvalue weighted by atomic mass is 10.1. The van der Waals surface area contributed by atoms with Crippen LogP contribution in [-0.4, -0.2) is 8.42 Å². The van der Waals surface area contributed by atoms with Crippen LogP contribution in [0.15, 0.2) is 47.4 Å². The Morgan fingerprint density at radius 1 is 1.00 bits per heavy atom. The average Bonchev–Trinajstić information content (AvgIpc) is 2.37. The molecule has 4 nitrogen and oxygen atoms in total. The van der Waals surface area contributed by atoms with Gasteiger partial charge in [-0.05, 0) is 49.7 Å². The predicted molar refractivity (Wildman–Crippen MR) is 77.9 cm³/mol. The van der Waals surface area contributed by atoms with Crippen molar-refractivity contribution in [2.75, 3.05) is 4.72 Å². The number of sulfonamides is 1. The summed E-state index contributed by atoms with van der Waals surface area (Å²) in [5.41, 5.74) is 2.63. The van der Waals surface area contributed by atoms with Crippen LogP contribution in [0.5, 0.6) is 0 Å². The molecular formula is C15H14N2O2S.